The first-order valence-corrected chi connectivity index (χ1v) is 11.1. The number of pyridine rings is 1. The van der Waals surface area contributed by atoms with Crippen LogP contribution in [0.3, 0.4) is 0 Å². The minimum Gasteiger partial charge on any atom is -0.292 e. The average molecular weight is 325 g/mol. The fourth-order valence-electron chi connectivity index (χ4n) is 2.17. The van der Waals surface area contributed by atoms with Gasteiger partial charge in [0, 0.05) is 16.8 Å². The molecule has 0 unspecified atom stereocenters. The Kier molecular flexibility index (Phi) is 3.82. The van der Waals surface area contributed by atoms with Crippen molar-refractivity contribution in [1.82, 2.24) is 9.38 Å². The van der Waals surface area contributed by atoms with Crippen molar-refractivity contribution in [2.75, 3.05) is 0 Å². The molecule has 0 atom stereocenters. The van der Waals surface area contributed by atoms with Crippen molar-refractivity contribution in [3.05, 3.63) is 59.4 Å². The zero-order valence-corrected chi connectivity index (χ0v) is 14.6. The van der Waals surface area contributed by atoms with E-state index in [2.05, 4.69) is 35.5 Å². The summed E-state index contributed by atoms with van der Waals surface area (Å²) in [5, 5.41) is 0.724. The second-order valence-electron chi connectivity index (χ2n) is 6.24. The van der Waals surface area contributed by atoms with Crippen molar-refractivity contribution in [1.29, 1.82) is 0 Å². The van der Waals surface area contributed by atoms with Crippen molar-refractivity contribution in [3.8, 4) is 22.7 Å². The van der Waals surface area contributed by atoms with Crippen LogP contribution in [0.4, 0.5) is 0 Å². The molecule has 0 aliphatic rings. The van der Waals surface area contributed by atoms with E-state index in [4.69, 9.17) is 16.6 Å². The lowest BCUT2D eigenvalue weighted by Gasteiger charge is -2.04. The zero-order chi connectivity index (χ0) is 15.7. The number of aromatic nitrogens is 2. The van der Waals surface area contributed by atoms with Gasteiger partial charge in [-0.1, -0.05) is 55.4 Å². The standard InChI is InChI=1S/C18H17ClN2Si/c1-22(2,3)13-11-16-18(14-7-9-15(19)10-8-14)20-17-6-4-5-12-21(16)17/h4-10,12H,1-3H3. The molecule has 4 heteroatoms. The van der Waals surface area contributed by atoms with Crippen molar-refractivity contribution in [2.45, 2.75) is 19.6 Å². The number of halogens is 1. The van der Waals surface area contributed by atoms with E-state index in [0.717, 1.165) is 27.6 Å². The minimum absolute atomic E-state index is 0.724. The summed E-state index contributed by atoms with van der Waals surface area (Å²) < 4.78 is 2.05. The Balaban J connectivity index is 2.24. The number of hydrogen-bond acceptors (Lipinski definition) is 1. The SMILES string of the molecule is C[Si](C)(C)C#Cc1c(-c2ccc(Cl)cc2)nc2ccccn12. The van der Waals surface area contributed by atoms with E-state index < -0.39 is 8.07 Å². The maximum atomic E-state index is 5.99. The predicted molar refractivity (Wildman–Crippen MR) is 95.9 cm³/mol. The normalized spacial score (nSPS) is 11.3. The zero-order valence-electron chi connectivity index (χ0n) is 12.9. The van der Waals surface area contributed by atoms with Crippen molar-refractivity contribution in [2.24, 2.45) is 0 Å². The lowest BCUT2D eigenvalue weighted by Crippen LogP contribution is -2.16. The van der Waals surface area contributed by atoms with Gasteiger partial charge in [-0.25, -0.2) is 4.98 Å². The summed E-state index contributed by atoms with van der Waals surface area (Å²) in [6.45, 7) is 6.72. The number of imidazole rings is 1. The number of nitrogens with zero attached hydrogens (tertiary/aromatic N) is 2. The summed E-state index contributed by atoms with van der Waals surface area (Å²) in [5.41, 5.74) is 7.24. The van der Waals surface area contributed by atoms with E-state index in [9.17, 15) is 0 Å². The summed E-state index contributed by atoms with van der Waals surface area (Å²) in [6, 6.07) is 13.7. The third kappa shape index (κ3) is 3.09. The van der Waals surface area contributed by atoms with Crippen LogP contribution in [0.25, 0.3) is 16.9 Å². The molecule has 0 fully saturated rings. The van der Waals surface area contributed by atoms with Crippen LogP contribution >= 0.6 is 11.6 Å². The third-order valence-corrected chi connectivity index (χ3v) is 4.33. The molecule has 0 saturated carbocycles. The summed E-state index contributed by atoms with van der Waals surface area (Å²) in [7, 11) is -1.46. The number of fused-ring (bicyclic) bond motifs is 1. The highest BCUT2D eigenvalue weighted by atomic mass is 35.5. The Bertz CT molecular complexity index is 877. The first kappa shape index (κ1) is 14.9. The van der Waals surface area contributed by atoms with Gasteiger partial charge in [0.2, 0.25) is 0 Å². The summed E-state index contributed by atoms with van der Waals surface area (Å²) in [4.78, 5) is 4.75. The Morgan fingerprint density at radius 2 is 1.77 bits per heavy atom. The van der Waals surface area contributed by atoms with Crippen molar-refractivity contribution in [3.63, 3.8) is 0 Å². The van der Waals surface area contributed by atoms with Gasteiger partial charge in [-0.15, -0.1) is 5.54 Å². The maximum absolute atomic E-state index is 5.99. The first-order valence-electron chi connectivity index (χ1n) is 7.20. The van der Waals surface area contributed by atoms with Gasteiger partial charge >= 0.3 is 0 Å². The highest BCUT2D eigenvalue weighted by Crippen LogP contribution is 2.25. The van der Waals surface area contributed by atoms with Gasteiger partial charge in [-0.05, 0) is 24.3 Å². The van der Waals surface area contributed by atoms with Crippen LogP contribution in [-0.4, -0.2) is 17.5 Å². The van der Waals surface area contributed by atoms with Gasteiger partial charge in [-0.3, -0.25) is 4.40 Å². The van der Waals surface area contributed by atoms with Crippen LogP contribution in [0.5, 0.6) is 0 Å². The molecule has 22 heavy (non-hydrogen) atoms. The molecule has 0 saturated heterocycles. The number of rotatable bonds is 1. The molecule has 0 radical (unpaired) electrons. The minimum atomic E-state index is -1.46. The molecule has 0 amide bonds. The topological polar surface area (TPSA) is 17.3 Å². The molecular weight excluding hydrogens is 308 g/mol. The lowest BCUT2D eigenvalue weighted by molar-refractivity contribution is 1.16. The maximum Gasteiger partial charge on any atom is 0.138 e. The number of hydrogen-bond donors (Lipinski definition) is 0. The van der Waals surface area contributed by atoms with Crippen LogP contribution in [0, 0.1) is 11.5 Å². The van der Waals surface area contributed by atoms with E-state index in [1.165, 1.54) is 0 Å². The van der Waals surface area contributed by atoms with Gasteiger partial charge in [0.05, 0.1) is 0 Å². The third-order valence-electron chi connectivity index (χ3n) is 3.20. The molecular formula is C18H17ClN2Si. The molecule has 3 aromatic rings. The molecule has 0 aliphatic heterocycles. The van der Waals surface area contributed by atoms with Gasteiger partial charge in [-0.2, -0.15) is 0 Å². The molecule has 2 aromatic heterocycles. The van der Waals surface area contributed by atoms with Gasteiger partial charge in [0.25, 0.3) is 0 Å². The Labute approximate surface area is 136 Å². The Morgan fingerprint density at radius 1 is 1.05 bits per heavy atom. The quantitative estimate of drug-likeness (QED) is 0.460. The Morgan fingerprint density at radius 3 is 2.45 bits per heavy atom. The molecule has 0 bridgehead atoms. The van der Waals surface area contributed by atoms with Gasteiger partial charge < -0.3 is 0 Å². The molecule has 1 aromatic carbocycles. The second-order valence-corrected chi connectivity index (χ2v) is 11.4. The monoisotopic (exact) mass is 324 g/mol. The van der Waals surface area contributed by atoms with Crippen LogP contribution in [0.2, 0.25) is 24.7 Å². The smallest absolute Gasteiger partial charge is 0.138 e. The largest absolute Gasteiger partial charge is 0.292 e. The van der Waals surface area contributed by atoms with Crippen molar-refractivity contribution >= 4 is 25.3 Å². The van der Waals surface area contributed by atoms with Crippen LogP contribution in [0.1, 0.15) is 5.69 Å². The van der Waals surface area contributed by atoms with E-state index >= 15 is 0 Å². The van der Waals surface area contributed by atoms with E-state index in [1.54, 1.807) is 0 Å². The van der Waals surface area contributed by atoms with Gasteiger partial charge in [0.1, 0.15) is 25.1 Å². The fraction of sp³-hybridized carbons (Fsp3) is 0.167. The molecule has 3 rings (SSSR count). The van der Waals surface area contributed by atoms with Crippen molar-refractivity contribution < 1.29 is 0 Å². The van der Waals surface area contributed by atoms with E-state index in [0.29, 0.717) is 0 Å². The van der Waals surface area contributed by atoms with Crippen LogP contribution in [-0.2, 0) is 0 Å². The molecule has 0 N–H and O–H groups in total. The highest BCUT2D eigenvalue weighted by Gasteiger charge is 2.13. The Hall–Kier alpha value is -2.02. The average Bonchev–Trinajstić information content (AvgIpc) is 2.84. The molecule has 110 valence electrons. The lowest BCUT2D eigenvalue weighted by atomic mass is 10.1. The predicted octanol–water partition coefficient (Wildman–Crippen LogP) is 4.88. The summed E-state index contributed by atoms with van der Waals surface area (Å²) >= 11 is 5.99. The van der Waals surface area contributed by atoms with Crippen LogP contribution < -0.4 is 0 Å². The van der Waals surface area contributed by atoms with E-state index in [-0.39, 0.29) is 0 Å². The molecule has 2 heterocycles. The molecule has 0 aliphatic carbocycles. The summed E-state index contributed by atoms with van der Waals surface area (Å²) in [5.74, 6) is 3.37. The number of benzene rings is 1. The van der Waals surface area contributed by atoms with Gasteiger partial charge in [0.15, 0.2) is 0 Å². The molecule has 2 nitrogen and oxygen atoms in total. The highest BCUT2D eigenvalue weighted by molar-refractivity contribution is 6.83. The van der Waals surface area contributed by atoms with Crippen LogP contribution in [0.15, 0.2) is 48.7 Å². The molecule has 0 spiro atoms. The fourth-order valence-corrected chi connectivity index (χ4v) is 2.79. The summed E-state index contributed by atoms with van der Waals surface area (Å²) in [6.07, 6.45) is 2.01. The second kappa shape index (κ2) is 5.64. The first-order chi connectivity index (χ1) is 10.4. The van der Waals surface area contributed by atoms with E-state index in [1.807, 2.05) is 48.7 Å².